The van der Waals surface area contributed by atoms with Gasteiger partial charge in [0.1, 0.15) is 17.0 Å². The van der Waals surface area contributed by atoms with E-state index in [-0.39, 0.29) is 0 Å². The summed E-state index contributed by atoms with van der Waals surface area (Å²) in [6, 6.07) is 9.19. The summed E-state index contributed by atoms with van der Waals surface area (Å²) in [5.41, 5.74) is 7.42. The number of rotatable bonds is 6. The summed E-state index contributed by atoms with van der Waals surface area (Å²) in [7, 11) is 0. The standard InChI is InChI=1S/C16H15N3O3S2/c1-2-21-16(20)12-7-14(13-8-24-19-18-13)22-15(12)9-23-11-5-3-10(17)4-6-11/h3-8H,2,9,17H2,1H3. The molecule has 6 nitrogen and oxygen atoms in total. The maximum absolute atomic E-state index is 12.2. The summed E-state index contributed by atoms with van der Waals surface area (Å²) in [5.74, 6) is 1.16. The van der Waals surface area contributed by atoms with Crippen LogP contribution in [0.1, 0.15) is 23.0 Å². The largest absolute Gasteiger partial charge is 0.462 e. The summed E-state index contributed by atoms with van der Waals surface area (Å²) in [5, 5.41) is 5.74. The van der Waals surface area contributed by atoms with Crippen molar-refractivity contribution in [2.45, 2.75) is 17.6 Å². The molecule has 2 N–H and O–H groups in total. The van der Waals surface area contributed by atoms with Gasteiger partial charge in [-0.25, -0.2) is 4.79 Å². The third-order valence-electron chi connectivity index (χ3n) is 3.17. The fourth-order valence-corrected chi connectivity index (χ4v) is 3.31. The van der Waals surface area contributed by atoms with Crippen molar-refractivity contribution in [1.29, 1.82) is 0 Å². The van der Waals surface area contributed by atoms with Gasteiger partial charge < -0.3 is 14.9 Å². The summed E-state index contributed by atoms with van der Waals surface area (Å²) in [4.78, 5) is 13.2. The van der Waals surface area contributed by atoms with Gasteiger partial charge in [0.05, 0.1) is 12.4 Å². The number of hydrogen-bond acceptors (Lipinski definition) is 8. The Balaban J connectivity index is 1.84. The highest BCUT2D eigenvalue weighted by molar-refractivity contribution is 7.98. The monoisotopic (exact) mass is 361 g/mol. The van der Waals surface area contributed by atoms with Crippen LogP contribution in [-0.2, 0) is 10.5 Å². The summed E-state index contributed by atoms with van der Waals surface area (Å²) >= 11 is 2.78. The number of ether oxygens (including phenoxy) is 1. The van der Waals surface area contributed by atoms with Gasteiger partial charge in [0.15, 0.2) is 5.76 Å². The van der Waals surface area contributed by atoms with Crippen LogP contribution in [-0.4, -0.2) is 22.2 Å². The van der Waals surface area contributed by atoms with Crippen molar-refractivity contribution in [2.24, 2.45) is 0 Å². The number of nitrogen functional groups attached to an aromatic ring is 1. The number of anilines is 1. The van der Waals surface area contributed by atoms with Gasteiger partial charge in [0.2, 0.25) is 0 Å². The molecule has 0 amide bonds. The second-order valence-electron chi connectivity index (χ2n) is 4.82. The molecule has 24 heavy (non-hydrogen) atoms. The molecule has 2 aromatic heterocycles. The predicted molar refractivity (Wildman–Crippen MR) is 94.0 cm³/mol. The number of hydrogen-bond donors (Lipinski definition) is 1. The highest BCUT2D eigenvalue weighted by Crippen LogP contribution is 2.31. The Hall–Kier alpha value is -2.32. The molecule has 0 aliphatic heterocycles. The summed E-state index contributed by atoms with van der Waals surface area (Å²) in [6.07, 6.45) is 0. The molecule has 0 aliphatic carbocycles. The smallest absolute Gasteiger partial charge is 0.341 e. The van der Waals surface area contributed by atoms with Crippen LogP contribution in [0, 0.1) is 0 Å². The number of nitrogens with two attached hydrogens (primary N) is 1. The van der Waals surface area contributed by atoms with Gasteiger partial charge in [-0.05, 0) is 42.7 Å². The second kappa shape index (κ2) is 7.50. The maximum Gasteiger partial charge on any atom is 0.341 e. The van der Waals surface area contributed by atoms with E-state index >= 15 is 0 Å². The van der Waals surface area contributed by atoms with Crippen molar-refractivity contribution in [3.8, 4) is 11.5 Å². The lowest BCUT2D eigenvalue weighted by molar-refractivity contribution is 0.0524. The highest BCUT2D eigenvalue weighted by Gasteiger charge is 2.21. The average Bonchev–Trinajstić information content (AvgIpc) is 3.24. The van der Waals surface area contributed by atoms with Gasteiger partial charge in [-0.15, -0.1) is 16.9 Å². The van der Waals surface area contributed by atoms with Crippen LogP contribution in [0.15, 0.2) is 45.0 Å². The van der Waals surface area contributed by atoms with Crippen molar-refractivity contribution in [1.82, 2.24) is 9.59 Å². The van der Waals surface area contributed by atoms with E-state index in [1.54, 1.807) is 30.1 Å². The molecule has 0 atom stereocenters. The lowest BCUT2D eigenvalue weighted by Gasteiger charge is -2.03. The van der Waals surface area contributed by atoms with E-state index in [4.69, 9.17) is 14.9 Å². The highest BCUT2D eigenvalue weighted by atomic mass is 32.2. The first-order chi connectivity index (χ1) is 11.7. The molecule has 3 rings (SSSR count). The van der Waals surface area contributed by atoms with E-state index in [2.05, 4.69) is 9.59 Å². The first-order valence-corrected chi connectivity index (χ1v) is 9.05. The van der Waals surface area contributed by atoms with Crippen molar-refractivity contribution in [3.63, 3.8) is 0 Å². The van der Waals surface area contributed by atoms with Gasteiger partial charge in [-0.2, -0.15) is 0 Å². The zero-order valence-corrected chi connectivity index (χ0v) is 14.5. The first-order valence-electron chi connectivity index (χ1n) is 7.23. The normalized spacial score (nSPS) is 10.7. The van der Waals surface area contributed by atoms with Gasteiger partial charge in [0, 0.05) is 22.0 Å². The number of aromatic nitrogens is 2. The Morgan fingerprint density at radius 1 is 1.38 bits per heavy atom. The molecule has 1 aromatic carbocycles. The molecule has 0 spiro atoms. The van der Waals surface area contributed by atoms with Crippen molar-refractivity contribution >= 4 is 35.0 Å². The van der Waals surface area contributed by atoms with Gasteiger partial charge in [-0.3, -0.25) is 0 Å². The number of carbonyl (C=O) groups is 1. The topological polar surface area (TPSA) is 91.2 Å². The Morgan fingerprint density at radius 2 is 2.17 bits per heavy atom. The summed E-state index contributed by atoms with van der Waals surface area (Å²) < 4.78 is 14.8. The lowest BCUT2D eigenvalue weighted by Crippen LogP contribution is -2.05. The average molecular weight is 361 g/mol. The van der Waals surface area contributed by atoms with Crippen molar-refractivity contribution in [2.75, 3.05) is 12.3 Å². The molecule has 2 heterocycles. The number of benzene rings is 1. The number of thioether (sulfide) groups is 1. The van der Waals surface area contributed by atoms with Crippen LogP contribution in [0.3, 0.4) is 0 Å². The van der Waals surface area contributed by atoms with Gasteiger partial charge in [0.25, 0.3) is 0 Å². The molecule has 3 aromatic rings. The van der Waals surface area contributed by atoms with E-state index < -0.39 is 5.97 Å². The molecule has 0 bridgehead atoms. The summed E-state index contributed by atoms with van der Waals surface area (Å²) in [6.45, 7) is 2.08. The fourth-order valence-electron chi connectivity index (χ4n) is 2.03. The van der Waals surface area contributed by atoms with Crippen LogP contribution in [0.4, 0.5) is 5.69 Å². The number of nitrogens with zero attached hydrogens (tertiary/aromatic N) is 2. The van der Waals surface area contributed by atoms with Crippen molar-refractivity contribution in [3.05, 3.63) is 47.0 Å². The SMILES string of the molecule is CCOC(=O)c1cc(-c2csnn2)oc1CSc1ccc(N)cc1. The van der Waals surface area contributed by atoms with E-state index in [0.29, 0.717) is 40.8 Å². The Morgan fingerprint density at radius 3 is 2.83 bits per heavy atom. The van der Waals surface area contributed by atoms with Crippen LogP contribution in [0.2, 0.25) is 0 Å². The molecule has 0 radical (unpaired) electrons. The molecular formula is C16H15N3O3S2. The number of esters is 1. The molecule has 124 valence electrons. The lowest BCUT2D eigenvalue weighted by atomic mass is 10.2. The molecule has 0 saturated heterocycles. The maximum atomic E-state index is 12.2. The molecule has 0 unspecified atom stereocenters. The quantitative estimate of drug-likeness (QED) is 0.405. The Kier molecular flexibility index (Phi) is 5.17. The molecule has 8 heteroatoms. The van der Waals surface area contributed by atoms with Crippen LogP contribution in [0.5, 0.6) is 0 Å². The van der Waals surface area contributed by atoms with Gasteiger partial charge >= 0.3 is 5.97 Å². The third kappa shape index (κ3) is 3.77. The molecular weight excluding hydrogens is 346 g/mol. The minimum absolute atomic E-state index is 0.308. The zero-order chi connectivity index (χ0) is 16.9. The predicted octanol–water partition coefficient (Wildman–Crippen LogP) is 3.85. The molecule has 0 aliphatic rings. The minimum Gasteiger partial charge on any atom is -0.462 e. The van der Waals surface area contributed by atoms with E-state index in [0.717, 1.165) is 4.90 Å². The van der Waals surface area contributed by atoms with Crippen LogP contribution < -0.4 is 5.73 Å². The third-order valence-corrected chi connectivity index (χ3v) is 4.68. The Labute approximate surface area is 147 Å². The first kappa shape index (κ1) is 16.5. The Bertz CT molecular complexity index is 814. The molecule has 0 fully saturated rings. The van der Waals surface area contributed by atoms with E-state index in [9.17, 15) is 4.79 Å². The molecule has 0 saturated carbocycles. The number of carbonyl (C=O) groups excluding carboxylic acids is 1. The van der Waals surface area contributed by atoms with E-state index in [1.807, 2.05) is 24.3 Å². The van der Waals surface area contributed by atoms with Gasteiger partial charge in [-0.1, -0.05) is 4.49 Å². The zero-order valence-electron chi connectivity index (χ0n) is 12.9. The number of furan rings is 1. The second-order valence-corrected chi connectivity index (χ2v) is 6.47. The van der Waals surface area contributed by atoms with E-state index in [1.165, 1.54) is 11.5 Å². The van der Waals surface area contributed by atoms with Crippen LogP contribution >= 0.6 is 23.3 Å². The van der Waals surface area contributed by atoms with Crippen LogP contribution in [0.25, 0.3) is 11.5 Å². The van der Waals surface area contributed by atoms with Crippen molar-refractivity contribution < 1.29 is 13.9 Å². The minimum atomic E-state index is -0.399. The fraction of sp³-hybridized carbons (Fsp3) is 0.188.